The lowest BCUT2D eigenvalue weighted by atomic mass is 10.2. The molecular formula is C9H15N3O. The van der Waals surface area contributed by atoms with E-state index in [1.807, 2.05) is 0 Å². The number of rotatable bonds is 3. The van der Waals surface area contributed by atoms with Crippen molar-refractivity contribution in [2.45, 2.75) is 13.8 Å². The zero-order valence-corrected chi connectivity index (χ0v) is 8.24. The van der Waals surface area contributed by atoms with E-state index in [4.69, 9.17) is 0 Å². The Kier molecular flexibility index (Phi) is 3.06. The molecule has 0 spiro atoms. The van der Waals surface area contributed by atoms with Crippen LogP contribution < -0.4 is 11.0 Å². The molecule has 0 atom stereocenters. The quantitative estimate of drug-likeness (QED) is 0.752. The standard InChI is InChI=1S/C9H15N3O/c1-7(2)6-10-8-4-5-12(3)9(13)11-8/h4-5,7H,6H2,1-3H3,(H,10,11,13). The summed E-state index contributed by atoms with van der Waals surface area (Å²) >= 11 is 0. The Balaban J connectivity index is 2.69. The van der Waals surface area contributed by atoms with Gasteiger partial charge in [0.2, 0.25) is 0 Å². The smallest absolute Gasteiger partial charge is 0.349 e. The summed E-state index contributed by atoms with van der Waals surface area (Å²) < 4.78 is 1.44. The number of hydrogen-bond acceptors (Lipinski definition) is 3. The van der Waals surface area contributed by atoms with Crippen LogP contribution in [0, 0.1) is 5.92 Å². The Labute approximate surface area is 77.6 Å². The van der Waals surface area contributed by atoms with Crippen LogP contribution in [0.15, 0.2) is 17.1 Å². The van der Waals surface area contributed by atoms with Crippen molar-refractivity contribution in [3.05, 3.63) is 22.7 Å². The lowest BCUT2D eigenvalue weighted by molar-refractivity contribution is 0.684. The predicted octanol–water partition coefficient (Wildman–Crippen LogP) is 0.848. The van der Waals surface area contributed by atoms with Gasteiger partial charge in [0.05, 0.1) is 0 Å². The molecule has 0 aliphatic carbocycles. The first kappa shape index (κ1) is 9.77. The zero-order chi connectivity index (χ0) is 9.84. The van der Waals surface area contributed by atoms with Crippen molar-refractivity contribution in [3.8, 4) is 0 Å². The van der Waals surface area contributed by atoms with Crippen molar-refractivity contribution < 1.29 is 0 Å². The lowest BCUT2D eigenvalue weighted by Crippen LogP contribution is -2.21. The van der Waals surface area contributed by atoms with Gasteiger partial charge < -0.3 is 9.88 Å². The maximum absolute atomic E-state index is 11.1. The number of aromatic nitrogens is 2. The highest BCUT2D eigenvalue weighted by Crippen LogP contribution is 1.99. The fourth-order valence-electron chi connectivity index (χ4n) is 0.872. The minimum absolute atomic E-state index is 0.228. The molecule has 0 saturated heterocycles. The van der Waals surface area contributed by atoms with Crippen LogP contribution in [0.1, 0.15) is 13.8 Å². The molecule has 72 valence electrons. The Morgan fingerprint density at radius 2 is 2.31 bits per heavy atom. The summed E-state index contributed by atoms with van der Waals surface area (Å²) in [4.78, 5) is 14.9. The molecule has 0 aliphatic heterocycles. The number of nitrogens with zero attached hydrogens (tertiary/aromatic N) is 2. The topological polar surface area (TPSA) is 46.9 Å². The molecule has 1 N–H and O–H groups in total. The molecule has 0 amide bonds. The first-order valence-corrected chi connectivity index (χ1v) is 4.37. The highest BCUT2D eigenvalue weighted by molar-refractivity contribution is 5.31. The number of aryl methyl sites for hydroxylation is 1. The molecule has 0 aromatic carbocycles. The van der Waals surface area contributed by atoms with Crippen molar-refractivity contribution in [3.63, 3.8) is 0 Å². The second kappa shape index (κ2) is 4.07. The maximum atomic E-state index is 11.1. The van der Waals surface area contributed by atoms with Gasteiger partial charge in [0.25, 0.3) is 0 Å². The average molecular weight is 181 g/mol. The number of nitrogens with one attached hydrogen (secondary N) is 1. The van der Waals surface area contributed by atoms with E-state index in [2.05, 4.69) is 24.1 Å². The number of hydrogen-bond donors (Lipinski definition) is 1. The second-order valence-corrected chi connectivity index (χ2v) is 3.48. The number of anilines is 1. The first-order valence-electron chi connectivity index (χ1n) is 4.37. The molecule has 0 fully saturated rings. The van der Waals surface area contributed by atoms with Crippen LogP contribution in [0.3, 0.4) is 0 Å². The molecule has 0 bridgehead atoms. The summed E-state index contributed by atoms with van der Waals surface area (Å²) in [5.74, 6) is 1.20. The third kappa shape index (κ3) is 2.89. The van der Waals surface area contributed by atoms with Gasteiger partial charge in [-0.3, -0.25) is 0 Å². The monoisotopic (exact) mass is 181 g/mol. The van der Waals surface area contributed by atoms with Crippen LogP contribution in [0.5, 0.6) is 0 Å². The Bertz CT molecular complexity index is 330. The minimum Gasteiger partial charge on any atom is -0.370 e. The molecule has 0 unspecified atom stereocenters. The van der Waals surface area contributed by atoms with E-state index in [0.717, 1.165) is 6.54 Å². The van der Waals surface area contributed by atoms with Crippen LogP contribution >= 0.6 is 0 Å². The van der Waals surface area contributed by atoms with Crippen LogP contribution in [-0.4, -0.2) is 16.1 Å². The molecule has 0 aliphatic rings. The van der Waals surface area contributed by atoms with Gasteiger partial charge in [-0.25, -0.2) is 4.79 Å². The average Bonchev–Trinajstić information content (AvgIpc) is 2.07. The fourth-order valence-corrected chi connectivity index (χ4v) is 0.872. The fraction of sp³-hybridized carbons (Fsp3) is 0.556. The zero-order valence-electron chi connectivity index (χ0n) is 8.24. The van der Waals surface area contributed by atoms with E-state index in [-0.39, 0.29) is 5.69 Å². The minimum atomic E-state index is -0.228. The highest BCUT2D eigenvalue weighted by Gasteiger charge is 1.97. The second-order valence-electron chi connectivity index (χ2n) is 3.48. The molecule has 1 aromatic rings. The summed E-state index contributed by atoms with van der Waals surface area (Å²) in [6, 6.07) is 1.80. The van der Waals surface area contributed by atoms with Gasteiger partial charge >= 0.3 is 5.69 Å². The normalized spacial score (nSPS) is 10.5. The van der Waals surface area contributed by atoms with Crippen LogP contribution in [0.25, 0.3) is 0 Å². The van der Waals surface area contributed by atoms with E-state index in [1.54, 1.807) is 19.3 Å². The Morgan fingerprint density at radius 1 is 1.62 bits per heavy atom. The summed E-state index contributed by atoms with van der Waals surface area (Å²) in [6.07, 6.45) is 1.71. The van der Waals surface area contributed by atoms with Gasteiger partial charge in [0.1, 0.15) is 5.82 Å². The van der Waals surface area contributed by atoms with Gasteiger partial charge in [0, 0.05) is 19.8 Å². The van der Waals surface area contributed by atoms with Gasteiger partial charge in [-0.1, -0.05) is 13.8 Å². The van der Waals surface area contributed by atoms with Crippen LogP contribution in [0.4, 0.5) is 5.82 Å². The summed E-state index contributed by atoms with van der Waals surface area (Å²) in [7, 11) is 1.68. The van der Waals surface area contributed by atoms with E-state index in [9.17, 15) is 4.79 Å². The molecule has 4 nitrogen and oxygen atoms in total. The predicted molar refractivity (Wildman–Crippen MR) is 52.8 cm³/mol. The van der Waals surface area contributed by atoms with Crippen molar-refractivity contribution in [1.82, 2.24) is 9.55 Å². The molecule has 4 heteroatoms. The summed E-state index contributed by atoms with van der Waals surface area (Å²) in [5, 5.41) is 3.09. The first-order chi connectivity index (χ1) is 6.09. The molecular weight excluding hydrogens is 166 g/mol. The van der Waals surface area contributed by atoms with Crippen molar-refractivity contribution in [2.24, 2.45) is 13.0 Å². The summed E-state index contributed by atoms with van der Waals surface area (Å²) in [5.41, 5.74) is -0.228. The van der Waals surface area contributed by atoms with Crippen molar-refractivity contribution >= 4 is 5.82 Å². The Hall–Kier alpha value is -1.32. The van der Waals surface area contributed by atoms with Crippen LogP contribution in [-0.2, 0) is 7.05 Å². The van der Waals surface area contributed by atoms with E-state index < -0.39 is 0 Å². The van der Waals surface area contributed by atoms with Gasteiger partial charge in [-0.15, -0.1) is 0 Å². The molecule has 1 rings (SSSR count). The summed E-state index contributed by atoms with van der Waals surface area (Å²) in [6.45, 7) is 5.04. The van der Waals surface area contributed by atoms with Gasteiger partial charge in [-0.05, 0) is 12.0 Å². The third-order valence-electron chi connectivity index (χ3n) is 1.67. The van der Waals surface area contributed by atoms with Crippen LogP contribution in [0.2, 0.25) is 0 Å². The molecule has 1 aromatic heterocycles. The van der Waals surface area contributed by atoms with Crippen molar-refractivity contribution in [1.29, 1.82) is 0 Å². The highest BCUT2D eigenvalue weighted by atomic mass is 16.1. The molecule has 0 radical (unpaired) electrons. The van der Waals surface area contributed by atoms with Crippen molar-refractivity contribution in [2.75, 3.05) is 11.9 Å². The largest absolute Gasteiger partial charge is 0.370 e. The van der Waals surface area contributed by atoms with E-state index in [0.29, 0.717) is 11.7 Å². The molecule has 13 heavy (non-hydrogen) atoms. The van der Waals surface area contributed by atoms with Gasteiger partial charge in [-0.2, -0.15) is 4.98 Å². The Morgan fingerprint density at radius 3 is 2.85 bits per heavy atom. The van der Waals surface area contributed by atoms with E-state index in [1.165, 1.54) is 4.57 Å². The third-order valence-corrected chi connectivity index (χ3v) is 1.67. The van der Waals surface area contributed by atoms with E-state index >= 15 is 0 Å². The van der Waals surface area contributed by atoms with Gasteiger partial charge in [0.15, 0.2) is 0 Å². The molecule has 1 heterocycles. The SMILES string of the molecule is CC(C)CNc1ccn(C)c(=O)n1. The maximum Gasteiger partial charge on any atom is 0.349 e. The molecule has 0 saturated carbocycles. The lowest BCUT2D eigenvalue weighted by Gasteiger charge is -2.07.